The van der Waals surface area contributed by atoms with E-state index < -0.39 is 6.10 Å². The molecule has 3 aromatic rings. The van der Waals surface area contributed by atoms with Crippen molar-refractivity contribution in [2.75, 3.05) is 26.2 Å². The van der Waals surface area contributed by atoms with E-state index in [1.54, 1.807) is 30.3 Å². The van der Waals surface area contributed by atoms with Gasteiger partial charge in [-0.15, -0.1) is 0 Å². The number of nitrogens with zero attached hydrogens (tertiary/aromatic N) is 4. The Balaban J connectivity index is 1.51. The predicted octanol–water partition coefficient (Wildman–Crippen LogP) is 2.75. The van der Waals surface area contributed by atoms with Crippen molar-refractivity contribution in [3.05, 3.63) is 71.7 Å². The van der Waals surface area contributed by atoms with Crippen LogP contribution in [0.4, 0.5) is 0 Å². The minimum absolute atomic E-state index is 0.166. The highest BCUT2D eigenvalue weighted by Crippen LogP contribution is 2.30. The summed E-state index contributed by atoms with van der Waals surface area (Å²) in [6, 6.07) is 13.9. The van der Waals surface area contributed by atoms with Crippen LogP contribution in [0.5, 0.6) is 0 Å². The number of aromatic nitrogens is 2. The third-order valence-electron chi connectivity index (χ3n) is 5.16. The van der Waals surface area contributed by atoms with Crippen LogP contribution in [0, 0.1) is 0 Å². The second-order valence-electron chi connectivity index (χ2n) is 7.24. The summed E-state index contributed by atoms with van der Waals surface area (Å²) in [5.41, 5.74) is 2.70. The van der Waals surface area contributed by atoms with Crippen LogP contribution in [0.1, 0.15) is 34.7 Å². The highest BCUT2D eigenvalue weighted by Gasteiger charge is 2.31. The predicted molar refractivity (Wildman–Crippen MR) is 108 cm³/mol. The largest absolute Gasteiger partial charge is 0.385 e. The monoisotopic (exact) mass is 392 g/mol. The quantitative estimate of drug-likeness (QED) is 0.719. The molecule has 1 unspecified atom stereocenters. The van der Waals surface area contributed by atoms with Crippen LogP contribution in [0.2, 0.25) is 0 Å². The zero-order chi connectivity index (χ0) is 20.2. The molecule has 0 aliphatic carbocycles. The van der Waals surface area contributed by atoms with Crippen LogP contribution in [0.25, 0.3) is 11.3 Å². The molecule has 1 saturated heterocycles. The average molecular weight is 392 g/mol. The van der Waals surface area contributed by atoms with Crippen molar-refractivity contribution in [1.29, 1.82) is 0 Å². The summed E-state index contributed by atoms with van der Waals surface area (Å²) in [7, 11) is 0. The zero-order valence-electron chi connectivity index (χ0n) is 16.4. The number of hydrogen-bond acceptors (Lipinski definition) is 6. The molecular formula is C22H24N4O3. The molecule has 7 nitrogen and oxygen atoms in total. The Morgan fingerprint density at radius 1 is 1.14 bits per heavy atom. The van der Waals surface area contributed by atoms with E-state index in [4.69, 9.17) is 4.52 Å². The summed E-state index contributed by atoms with van der Waals surface area (Å²) < 4.78 is 5.34. The molecule has 2 aromatic heterocycles. The van der Waals surface area contributed by atoms with Gasteiger partial charge in [0.1, 0.15) is 17.4 Å². The molecule has 150 valence electrons. The molecule has 4 rings (SSSR count). The van der Waals surface area contributed by atoms with Crippen molar-refractivity contribution in [1.82, 2.24) is 19.9 Å². The topological polar surface area (TPSA) is 82.7 Å². The van der Waals surface area contributed by atoms with Gasteiger partial charge in [-0.05, 0) is 24.6 Å². The van der Waals surface area contributed by atoms with Gasteiger partial charge >= 0.3 is 0 Å². The first-order chi connectivity index (χ1) is 14.1. The minimum atomic E-state index is -0.925. The van der Waals surface area contributed by atoms with Gasteiger partial charge in [0.25, 0.3) is 5.91 Å². The molecule has 1 fully saturated rings. The first kappa shape index (κ1) is 19.3. The van der Waals surface area contributed by atoms with Crippen LogP contribution >= 0.6 is 0 Å². The normalized spacial score (nSPS) is 16.0. The molecule has 1 aliphatic heterocycles. The van der Waals surface area contributed by atoms with Gasteiger partial charge in [-0.2, -0.15) is 0 Å². The molecule has 0 spiro atoms. The fourth-order valence-corrected chi connectivity index (χ4v) is 3.60. The summed E-state index contributed by atoms with van der Waals surface area (Å²) in [6.07, 6.45) is 2.37. The van der Waals surface area contributed by atoms with Gasteiger partial charge in [0.05, 0.1) is 0 Å². The number of carbonyl (C=O) groups excluding carboxylic acids is 1. The molecule has 3 heterocycles. The molecular weight excluding hydrogens is 368 g/mol. The van der Waals surface area contributed by atoms with Crippen molar-refractivity contribution in [3.8, 4) is 11.3 Å². The van der Waals surface area contributed by atoms with E-state index in [9.17, 15) is 9.90 Å². The number of benzene rings is 1. The fraction of sp³-hybridized carbons (Fsp3) is 0.318. The Morgan fingerprint density at radius 3 is 2.55 bits per heavy atom. The Bertz CT molecular complexity index is 949. The molecule has 1 aliphatic rings. The molecule has 0 bridgehead atoms. The first-order valence-corrected chi connectivity index (χ1v) is 9.77. The van der Waals surface area contributed by atoms with E-state index in [1.807, 2.05) is 24.3 Å². The summed E-state index contributed by atoms with van der Waals surface area (Å²) >= 11 is 0. The van der Waals surface area contributed by atoms with Gasteiger partial charge in [-0.1, -0.05) is 35.5 Å². The first-order valence-electron chi connectivity index (χ1n) is 9.77. The second kappa shape index (κ2) is 8.55. The maximum Gasteiger partial charge on any atom is 0.259 e. The highest BCUT2D eigenvalue weighted by atomic mass is 16.5. The Hall–Kier alpha value is -3.03. The summed E-state index contributed by atoms with van der Waals surface area (Å²) in [5.74, 6) is 0.0286. The third kappa shape index (κ3) is 4.21. The average Bonchev–Trinajstić information content (AvgIpc) is 3.21. The standard InChI is InChI=1S/C22H24N4O3/c1-16(27)21-19(20(24-29-21)18-8-5-9-23-14-18)22(28)26-12-10-25(11-13-26)15-17-6-3-2-4-7-17/h2-9,14,16,27H,10-13,15H2,1H3. The number of amides is 1. The van der Waals surface area contributed by atoms with Gasteiger partial charge in [0, 0.05) is 50.7 Å². The van der Waals surface area contributed by atoms with Gasteiger partial charge in [-0.25, -0.2) is 0 Å². The van der Waals surface area contributed by atoms with Crippen molar-refractivity contribution >= 4 is 5.91 Å². The van der Waals surface area contributed by atoms with E-state index in [1.165, 1.54) is 5.56 Å². The molecule has 1 atom stereocenters. The van der Waals surface area contributed by atoms with Crippen molar-refractivity contribution < 1.29 is 14.4 Å². The summed E-state index contributed by atoms with van der Waals surface area (Å²) in [6.45, 7) is 5.25. The van der Waals surface area contributed by atoms with E-state index in [0.29, 0.717) is 29.9 Å². The van der Waals surface area contributed by atoms with Gasteiger partial charge in [0.2, 0.25) is 0 Å². The number of pyridine rings is 1. The van der Waals surface area contributed by atoms with Gasteiger partial charge < -0.3 is 14.5 Å². The molecule has 1 N–H and O–H groups in total. The number of hydrogen-bond donors (Lipinski definition) is 1. The lowest BCUT2D eigenvalue weighted by Gasteiger charge is -2.34. The van der Waals surface area contributed by atoms with E-state index in [-0.39, 0.29) is 11.7 Å². The smallest absolute Gasteiger partial charge is 0.259 e. The van der Waals surface area contributed by atoms with E-state index >= 15 is 0 Å². The highest BCUT2D eigenvalue weighted by molar-refractivity contribution is 6.01. The van der Waals surface area contributed by atoms with Crippen molar-refractivity contribution in [3.63, 3.8) is 0 Å². The second-order valence-corrected chi connectivity index (χ2v) is 7.24. The number of aliphatic hydroxyl groups is 1. The molecule has 1 amide bonds. The maximum absolute atomic E-state index is 13.3. The Labute approximate surface area is 169 Å². The van der Waals surface area contributed by atoms with E-state index in [2.05, 4.69) is 27.2 Å². The fourth-order valence-electron chi connectivity index (χ4n) is 3.60. The molecule has 29 heavy (non-hydrogen) atoms. The Morgan fingerprint density at radius 2 is 1.90 bits per heavy atom. The van der Waals surface area contributed by atoms with Crippen LogP contribution in [-0.2, 0) is 6.54 Å². The summed E-state index contributed by atoms with van der Waals surface area (Å²) in [5, 5.41) is 14.2. The van der Waals surface area contributed by atoms with Crippen LogP contribution < -0.4 is 0 Å². The zero-order valence-corrected chi connectivity index (χ0v) is 16.4. The number of rotatable bonds is 5. The molecule has 1 aromatic carbocycles. The molecule has 7 heteroatoms. The lowest BCUT2D eigenvalue weighted by Crippen LogP contribution is -2.48. The van der Waals surface area contributed by atoms with Crippen molar-refractivity contribution in [2.45, 2.75) is 19.6 Å². The van der Waals surface area contributed by atoms with Crippen LogP contribution in [0.15, 0.2) is 59.4 Å². The molecule has 0 radical (unpaired) electrons. The number of piperazine rings is 1. The van der Waals surface area contributed by atoms with Crippen molar-refractivity contribution in [2.24, 2.45) is 0 Å². The SMILES string of the molecule is CC(O)c1onc(-c2cccnc2)c1C(=O)N1CCN(Cc2ccccc2)CC1. The van der Waals surface area contributed by atoms with Crippen LogP contribution in [0.3, 0.4) is 0 Å². The lowest BCUT2D eigenvalue weighted by atomic mass is 10.0. The third-order valence-corrected chi connectivity index (χ3v) is 5.16. The van der Waals surface area contributed by atoms with E-state index in [0.717, 1.165) is 19.6 Å². The number of aliphatic hydroxyl groups excluding tert-OH is 1. The number of carbonyl (C=O) groups is 1. The van der Waals surface area contributed by atoms with Gasteiger partial charge in [0.15, 0.2) is 5.76 Å². The van der Waals surface area contributed by atoms with Gasteiger partial charge in [-0.3, -0.25) is 14.7 Å². The van der Waals surface area contributed by atoms with Crippen LogP contribution in [-0.4, -0.2) is 57.1 Å². The minimum Gasteiger partial charge on any atom is -0.385 e. The lowest BCUT2D eigenvalue weighted by molar-refractivity contribution is 0.0619. The maximum atomic E-state index is 13.3. The summed E-state index contributed by atoms with van der Waals surface area (Å²) in [4.78, 5) is 21.6. The Kier molecular flexibility index (Phi) is 5.69. The molecule has 0 saturated carbocycles.